The number of benzene rings is 1. The number of hydrogen-bond acceptors (Lipinski definition) is 4. The Labute approximate surface area is 156 Å². The molecule has 0 aromatic heterocycles. The first-order valence-electron chi connectivity index (χ1n) is 9.52. The SMILES string of the molecule is CC1CN(CCCNC(=O)CCCNC(=O)c2ccccc2)CC(C)O1. The van der Waals surface area contributed by atoms with E-state index in [-0.39, 0.29) is 24.0 Å². The summed E-state index contributed by atoms with van der Waals surface area (Å²) in [4.78, 5) is 26.1. The molecule has 1 aromatic rings. The molecule has 1 heterocycles. The molecule has 144 valence electrons. The second-order valence-electron chi connectivity index (χ2n) is 6.95. The van der Waals surface area contributed by atoms with Crippen LogP contribution >= 0.6 is 0 Å². The molecule has 2 unspecified atom stereocenters. The van der Waals surface area contributed by atoms with Crippen molar-refractivity contribution >= 4 is 11.8 Å². The van der Waals surface area contributed by atoms with Gasteiger partial charge in [-0.25, -0.2) is 0 Å². The Bertz CT molecular complexity index is 555. The standard InChI is InChI=1S/C20H31N3O3/c1-16-14-23(15-17(2)26-16)13-7-12-21-19(24)10-6-11-22-20(25)18-8-4-3-5-9-18/h3-5,8-9,16-17H,6-7,10-15H2,1-2H3,(H,21,24)(H,22,25). The van der Waals surface area contributed by atoms with Crippen LogP contribution in [-0.4, -0.2) is 61.6 Å². The molecule has 0 spiro atoms. The maximum Gasteiger partial charge on any atom is 0.251 e. The van der Waals surface area contributed by atoms with E-state index in [1.165, 1.54) is 0 Å². The Morgan fingerprint density at radius 3 is 2.38 bits per heavy atom. The van der Waals surface area contributed by atoms with Gasteiger partial charge >= 0.3 is 0 Å². The minimum absolute atomic E-state index is 0.0441. The van der Waals surface area contributed by atoms with E-state index in [0.717, 1.165) is 26.1 Å². The van der Waals surface area contributed by atoms with E-state index in [1.54, 1.807) is 12.1 Å². The van der Waals surface area contributed by atoms with Crippen molar-refractivity contribution in [1.82, 2.24) is 15.5 Å². The van der Waals surface area contributed by atoms with Crippen LogP contribution in [0.5, 0.6) is 0 Å². The van der Waals surface area contributed by atoms with Crippen LogP contribution in [0.3, 0.4) is 0 Å². The highest BCUT2D eigenvalue weighted by molar-refractivity contribution is 5.94. The van der Waals surface area contributed by atoms with E-state index in [4.69, 9.17) is 4.74 Å². The smallest absolute Gasteiger partial charge is 0.251 e. The van der Waals surface area contributed by atoms with Gasteiger partial charge in [-0.1, -0.05) is 18.2 Å². The predicted molar refractivity (Wildman–Crippen MR) is 102 cm³/mol. The molecule has 2 amide bonds. The van der Waals surface area contributed by atoms with Crippen molar-refractivity contribution in [3.63, 3.8) is 0 Å². The van der Waals surface area contributed by atoms with Crippen LogP contribution in [0.25, 0.3) is 0 Å². The first-order valence-corrected chi connectivity index (χ1v) is 9.52. The quantitative estimate of drug-likeness (QED) is 0.658. The summed E-state index contributed by atoms with van der Waals surface area (Å²) in [6, 6.07) is 9.10. The fourth-order valence-corrected chi connectivity index (χ4v) is 3.23. The minimum atomic E-state index is -0.0972. The largest absolute Gasteiger partial charge is 0.373 e. The fourth-order valence-electron chi connectivity index (χ4n) is 3.23. The van der Waals surface area contributed by atoms with Gasteiger partial charge in [0.2, 0.25) is 5.91 Å². The zero-order chi connectivity index (χ0) is 18.8. The van der Waals surface area contributed by atoms with Gasteiger partial charge in [0.15, 0.2) is 0 Å². The molecule has 0 bridgehead atoms. The number of amides is 2. The van der Waals surface area contributed by atoms with E-state index in [1.807, 2.05) is 18.2 Å². The van der Waals surface area contributed by atoms with Crippen molar-refractivity contribution in [3.8, 4) is 0 Å². The Hall–Kier alpha value is -1.92. The number of nitrogens with one attached hydrogen (secondary N) is 2. The van der Waals surface area contributed by atoms with Crippen LogP contribution in [0.2, 0.25) is 0 Å². The molecule has 1 fully saturated rings. The van der Waals surface area contributed by atoms with Gasteiger partial charge in [0, 0.05) is 44.7 Å². The zero-order valence-electron chi connectivity index (χ0n) is 15.9. The predicted octanol–water partition coefficient (Wildman–Crippen LogP) is 1.81. The molecule has 0 aliphatic carbocycles. The molecule has 2 N–H and O–H groups in total. The van der Waals surface area contributed by atoms with E-state index < -0.39 is 0 Å². The topological polar surface area (TPSA) is 70.7 Å². The van der Waals surface area contributed by atoms with Crippen molar-refractivity contribution in [2.45, 2.75) is 45.3 Å². The van der Waals surface area contributed by atoms with Crippen molar-refractivity contribution < 1.29 is 14.3 Å². The minimum Gasteiger partial charge on any atom is -0.373 e. The van der Waals surface area contributed by atoms with E-state index in [2.05, 4.69) is 29.4 Å². The van der Waals surface area contributed by atoms with Gasteiger partial charge in [-0.3, -0.25) is 14.5 Å². The number of morpholine rings is 1. The van der Waals surface area contributed by atoms with Crippen molar-refractivity contribution in [2.24, 2.45) is 0 Å². The molecular weight excluding hydrogens is 330 g/mol. The number of carbonyl (C=O) groups excluding carboxylic acids is 2. The fraction of sp³-hybridized carbons (Fsp3) is 0.600. The lowest BCUT2D eigenvalue weighted by Gasteiger charge is -2.35. The zero-order valence-corrected chi connectivity index (χ0v) is 15.9. The first-order chi connectivity index (χ1) is 12.5. The average molecular weight is 361 g/mol. The van der Waals surface area contributed by atoms with Crippen LogP contribution < -0.4 is 10.6 Å². The number of nitrogens with zero attached hydrogens (tertiary/aromatic N) is 1. The lowest BCUT2D eigenvalue weighted by atomic mass is 10.2. The summed E-state index contributed by atoms with van der Waals surface area (Å²) in [5.74, 6) is -0.0531. The van der Waals surface area contributed by atoms with Gasteiger partial charge in [0.1, 0.15) is 0 Å². The third-order valence-electron chi connectivity index (χ3n) is 4.37. The number of ether oxygens (including phenoxy) is 1. The number of carbonyl (C=O) groups is 2. The lowest BCUT2D eigenvalue weighted by Crippen LogP contribution is -2.46. The van der Waals surface area contributed by atoms with Crippen LogP contribution in [0.15, 0.2) is 30.3 Å². The maximum atomic E-state index is 11.9. The Kier molecular flexibility index (Phi) is 8.58. The Morgan fingerprint density at radius 2 is 1.69 bits per heavy atom. The molecule has 1 aliphatic rings. The van der Waals surface area contributed by atoms with Gasteiger partial charge in [0.25, 0.3) is 5.91 Å². The molecule has 26 heavy (non-hydrogen) atoms. The second kappa shape index (κ2) is 10.9. The van der Waals surface area contributed by atoms with E-state index >= 15 is 0 Å². The van der Waals surface area contributed by atoms with Gasteiger partial charge in [-0.15, -0.1) is 0 Å². The van der Waals surface area contributed by atoms with Crippen LogP contribution in [0.1, 0.15) is 43.5 Å². The second-order valence-corrected chi connectivity index (χ2v) is 6.95. The molecule has 0 radical (unpaired) electrons. The van der Waals surface area contributed by atoms with Crippen LogP contribution in [0, 0.1) is 0 Å². The summed E-state index contributed by atoms with van der Waals surface area (Å²) in [5, 5.41) is 5.79. The normalized spacial score (nSPS) is 20.5. The third-order valence-corrected chi connectivity index (χ3v) is 4.37. The summed E-state index contributed by atoms with van der Waals surface area (Å²) >= 11 is 0. The van der Waals surface area contributed by atoms with Gasteiger partial charge < -0.3 is 15.4 Å². The monoisotopic (exact) mass is 361 g/mol. The van der Waals surface area contributed by atoms with E-state index in [9.17, 15) is 9.59 Å². The third kappa shape index (κ3) is 7.54. The highest BCUT2D eigenvalue weighted by Crippen LogP contribution is 2.10. The van der Waals surface area contributed by atoms with Gasteiger partial charge in [-0.05, 0) is 38.8 Å². The number of hydrogen-bond donors (Lipinski definition) is 2. The molecule has 6 heteroatoms. The van der Waals surface area contributed by atoms with Crippen molar-refractivity contribution in [3.05, 3.63) is 35.9 Å². The van der Waals surface area contributed by atoms with Gasteiger partial charge in [-0.2, -0.15) is 0 Å². The Morgan fingerprint density at radius 1 is 1.04 bits per heavy atom. The van der Waals surface area contributed by atoms with Gasteiger partial charge in [0.05, 0.1) is 12.2 Å². The van der Waals surface area contributed by atoms with Crippen LogP contribution in [-0.2, 0) is 9.53 Å². The average Bonchev–Trinajstić information content (AvgIpc) is 2.62. The molecule has 6 nitrogen and oxygen atoms in total. The van der Waals surface area contributed by atoms with Crippen molar-refractivity contribution in [1.29, 1.82) is 0 Å². The van der Waals surface area contributed by atoms with E-state index in [0.29, 0.717) is 31.5 Å². The lowest BCUT2D eigenvalue weighted by molar-refractivity contribution is -0.121. The molecule has 1 saturated heterocycles. The first kappa shape index (κ1) is 20.4. The van der Waals surface area contributed by atoms with Crippen molar-refractivity contribution in [2.75, 3.05) is 32.7 Å². The molecule has 1 aromatic carbocycles. The summed E-state index contributed by atoms with van der Waals surface area (Å²) in [7, 11) is 0. The summed E-state index contributed by atoms with van der Waals surface area (Å²) in [5.41, 5.74) is 0.642. The molecule has 0 saturated carbocycles. The highest BCUT2D eigenvalue weighted by Gasteiger charge is 2.21. The maximum absolute atomic E-state index is 11.9. The molecule has 1 aliphatic heterocycles. The summed E-state index contributed by atoms with van der Waals surface area (Å²) in [6.07, 6.45) is 2.57. The molecular formula is C20H31N3O3. The molecule has 2 atom stereocenters. The summed E-state index contributed by atoms with van der Waals surface area (Å²) < 4.78 is 5.72. The van der Waals surface area contributed by atoms with Crippen LogP contribution in [0.4, 0.5) is 0 Å². The summed E-state index contributed by atoms with van der Waals surface area (Å²) in [6.45, 7) is 8.28. The molecule has 2 rings (SSSR count). The number of rotatable bonds is 9. The highest BCUT2D eigenvalue weighted by atomic mass is 16.5. The Balaban J connectivity index is 1.49.